The predicted molar refractivity (Wildman–Crippen MR) is 112 cm³/mol. The number of halogens is 1. The SMILES string of the molecule is CN(C)S(=O)(=O)c1ccc(CSc2ncnc3cc(-c4ccc(F)cc4)sc23)o1. The van der Waals surface area contributed by atoms with E-state index in [1.807, 2.05) is 6.07 Å². The van der Waals surface area contributed by atoms with Gasteiger partial charge in [0.1, 0.15) is 22.9 Å². The molecular weight excluding hydrogens is 433 g/mol. The van der Waals surface area contributed by atoms with E-state index in [2.05, 4.69) is 9.97 Å². The van der Waals surface area contributed by atoms with Gasteiger partial charge in [0.15, 0.2) is 0 Å². The van der Waals surface area contributed by atoms with Crippen molar-refractivity contribution in [3.63, 3.8) is 0 Å². The minimum Gasteiger partial charge on any atom is -0.447 e. The van der Waals surface area contributed by atoms with Crippen molar-refractivity contribution < 1.29 is 17.2 Å². The van der Waals surface area contributed by atoms with E-state index in [-0.39, 0.29) is 10.9 Å². The van der Waals surface area contributed by atoms with E-state index in [1.54, 1.807) is 18.2 Å². The van der Waals surface area contributed by atoms with Crippen LogP contribution >= 0.6 is 23.1 Å². The summed E-state index contributed by atoms with van der Waals surface area (Å²) in [6.45, 7) is 0. The highest BCUT2D eigenvalue weighted by Crippen LogP contribution is 2.38. The van der Waals surface area contributed by atoms with Gasteiger partial charge in [-0.1, -0.05) is 23.9 Å². The number of nitrogens with zero attached hydrogens (tertiary/aromatic N) is 3. The zero-order chi connectivity index (χ0) is 20.6. The number of fused-ring (bicyclic) bond motifs is 1. The fraction of sp³-hybridized carbons (Fsp3) is 0.158. The maximum Gasteiger partial charge on any atom is 0.275 e. The molecule has 10 heteroatoms. The zero-order valence-corrected chi connectivity index (χ0v) is 17.9. The topological polar surface area (TPSA) is 76.3 Å². The molecule has 0 unspecified atom stereocenters. The van der Waals surface area contributed by atoms with Gasteiger partial charge in [-0.2, -0.15) is 0 Å². The van der Waals surface area contributed by atoms with Crippen LogP contribution < -0.4 is 0 Å². The molecule has 0 N–H and O–H groups in total. The van der Waals surface area contributed by atoms with Crippen LogP contribution in [0.1, 0.15) is 5.76 Å². The lowest BCUT2D eigenvalue weighted by atomic mass is 10.2. The third-order valence-electron chi connectivity index (χ3n) is 4.13. The molecule has 0 saturated heterocycles. The molecule has 3 aromatic heterocycles. The lowest BCUT2D eigenvalue weighted by molar-refractivity contribution is 0.408. The summed E-state index contributed by atoms with van der Waals surface area (Å²) in [5.74, 6) is 0.691. The monoisotopic (exact) mass is 449 g/mol. The first-order valence-electron chi connectivity index (χ1n) is 8.49. The highest BCUT2D eigenvalue weighted by Gasteiger charge is 2.21. The van der Waals surface area contributed by atoms with Gasteiger partial charge in [-0.15, -0.1) is 11.3 Å². The highest BCUT2D eigenvalue weighted by molar-refractivity contribution is 7.98. The van der Waals surface area contributed by atoms with E-state index in [9.17, 15) is 12.8 Å². The summed E-state index contributed by atoms with van der Waals surface area (Å²) in [6, 6.07) is 11.4. The predicted octanol–water partition coefficient (Wildman–Crippen LogP) is 4.63. The van der Waals surface area contributed by atoms with Crippen LogP contribution in [-0.2, 0) is 15.8 Å². The third-order valence-corrected chi connectivity index (χ3v) is 8.14. The summed E-state index contributed by atoms with van der Waals surface area (Å²) in [7, 11) is -0.681. The summed E-state index contributed by atoms with van der Waals surface area (Å²) >= 11 is 2.97. The number of thiophene rings is 1. The quantitative estimate of drug-likeness (QED) is 0.315. The summed E-state index contributed by atoms with van der Waals surface area (Å²) < 4.78 is 45.0. The van der Waals surface area contributed by atoms with Crippen molar-refractivity contribution in [3.8, 4) is 10.4 Å². The molecule has 0 radical (unpaired) electrons. The van der Waals surface area contributed by atoms with Crippen LogP contribution in [0.5, 0.6) is 0 Å². The van der Waals surface area contributed by atoms with E-state index >= 15 is 0 Å². The highest BCUT2D eigenvalue weighted by atomic mass is 32.2. The molecule has 3 heterocycles. The second-order valence-electron chi connectivity index (χ2n) is 6.31. The minimum absolute atomic E-state index is 0.0827. The Hall–Kier alpha value is -2.27. The molecule has 0 aliphatic rings. The largest absolute Gasteiger partial charge is 0.447 e. The number of hydrogen-bond acceptors (Lipinski definition) is 7. The number of thioether (sulfide) groups is 1. The number of aromatic nitrogens is 2. The van der Waals surface area contributed by atoms with Crippen LogP contribution in [-0.4, -0.2) is 36.8 Å². The number of benzene rings is 1. The Bertz CT molecular complexity index is 1260. The van der Waals surface area contributed by atoms with Crippen LogP contribution in [0, 0.1) is 5.82 Å². The molecule has 4 rings (SSSR count). The molecule has 4 aromatic rings. The van der Waals surface area contributed by atoms with Crippen molar-refractivity contribution in [1.82, 2.24) is 14.3 Å². The van der Waals surface area contributed by atoms with Gasteiger partial charge in [0.2, 0.25) is 5.09 Å². The second-order valence-corrected chi connectivity index (χ2v) is 10.4. The standard InChI is InChI=1S/C19H16FN3O3S3/c1-23(2)29(24,25)17-8-7-14(26-17)10-27-19-18-15(21-11-22-19)9-16(28-18)12-3-5-13(20)6-4-12/h3-9,11H,10H2,1-2H3. The van der Waals surface area contributed by atoms with Gasteiger partial charge in [-0.3, -0.25) is 0 Å². The summed E-state index contributed by atoms with van der Waals surface area (Å²) in [4.78, 5) is 9.65. The first kappa shape index (κ1) is 20.0. The maximum absolute atomic E-state index is 13.2. The molecule has 150 valence electrons. The first-order chi connectivity index (χ1) is 13.8. The van der Waals surface area contributed by atoms with E-state index in [1.165, 1.54) is 61.7 Å². The zero-order valence-electron chi connectivity index (χ0n) is 15.5. The Kier molecular flexibility index (Phi) is 5.43. The first-order valence-corrected chi connectivity index (χ1v) is 11.7. The summed E-state index contributed by atoms with van der Waals surface area (Å²) in [5, 5.41) is 0.697. The van der Waals surface area contributed by atoms with Gasteiger partial charge in [0.25, 0.3) is 10.0 Å². The van der Waals surface area contributed by atoms with Crippen molar-refractivity contribution in [2.45, 2.75) is 15.9 Å². The molecule has 0 aliphatic heterocycles. The molecule has 0 spiro atoms. The number of rotatable bonds is 6. The molecule has 29 heavy (non-hydrogen) atoms. The number of hydrogen-bond donors (Lipinski definition) is 0. The van der Waals surface area contributed by atoms with Crippen LogP contribution in [0.15, 0.2) is 63.3 Å². The van der Waals surface area contributed by atoms with Crippen LogP contribution in [0.25, 0.3) is 20.7 Å². The smallest absolute Gasteiger partial charge is 0.275 e. The number of sulfonamides is 1. The van der Waals surface area contributed by atoms with Gasteiger partial charge in [-0.25, -0.2) is 27.1 Å². The van der Waals surface area contributed by atoms with Gasteiger partial charge in [0.05, 0.1) is 16.0 Å². The van der Waals surface area contributed by atoms with E-state index < -0.39 is 10.0 Å². The Labute approximate surface area is 175 Å². The lowest BCUT2D eigenvalue weighted by Gasteiger charge is -2.07. The molecule has 0 fully saturated rings. The Morgan fingerprint density at radius 2 is 1.90 bits per heavy atom. The average Bonchev–Trinajstić information content (AvgIpc) is 3.34. The Morgan fingerprint density at radius 3 is 2.62 bits per heavy atom. The van der Waals surface area contributed by atoms with Gasteiger partial charge in [-0.05, 0) is 35.9 Å². The van der Waals surface area contributed by atoms with E-state index in [4.69, 9.17) is 4.42 Å². The fourth-order valence-electron chi connectivity index (χ4n) is 2.59. The molecule has 0 atom stereocenters. The Morgan fingerprint density at radius 1 is 1.14 bits per heavy atom. The maximum atomic E-state index is 13.2. The third kappa shape index (κ3) is 4.06. The second kappa shape index (κ2) is 7.86. The Balaban J connectivity index is 1.57. The molecule has 6 nitrogen and oxygen atoms in total. The summed E-state index contributed by atoms with van der Waals surface area (Å²) in [6.07, 6.45) is 1.50. The van der Waals surface area contributed by atoms with Crippen LogP contribution in [0.2, 0.25) is 0 Å². The lowest BCUT2D eigenvalue weighted by Crippen LogP contribution is -2.21. The molecule has 1 aromatic carbocycles. The van der Waals surface area contributed by atoms with Crippen molar-refractivity contribution >= 4 is 43.3 Å². The van der Waals surface area contributed by atoms with E-state index in [0.717, 1.165) is 30.0 Å². The molecule has 0 amide bonds. The fourth-order valence-corrected chi connectivity index (χ4v) is 5.49. The van der Waals surface area contributed by atoms with Crippen LogP contribution in [0.4, 0.5) is 4.39 Å². The molecule has 0 saturated carbocycles. The minimum atomic E-state index is -3.60. The molecule has 0 bridgehead atoms. The van der Waals surface area contributed by atoms with Crippen molar-refractivity contribution in [3.05, 3.63) is 60.4 Å². The average molecular weight is 450 g/mol. The van der Waals surface area contributed by atoms with Gasteiger partial charge >= 0.3 is 0 Å². The van der Waals surface area contributed by atoms with Crippen molar-refractivity contribution in [1.29, 1.82) is 0 Å². The van der Waals surface area contributed by atoms with E-state index in [0.29, 0.717) is 11.5 Å². The van der Waals surface area contributed by atoms with Crippen LogP contribution in [0.3, 0.4) is 0 Å². The summed E-state index contributed by atoms with van der Waals surface area (Å²) in [5.41, 5.74) is 1.72. The van der Waals surface area contributed by atoms with Crippen molar-refractivity contribution in [2.75, 3.05) is 14.1 Å². The van der Waals surface area contributed by atoms with Gasteiger partial charge < -0.3 is 4.42 Å². The normalized spacial score (nSPS) is 12.1. The molecular formula is C19H16FN3O3S3. The number of furan rings is 1. The molecule has 0 aliphatic carbocycles. The van der Waals surface area contributed by atoms with Crippen molar-refractivity contribution in [2.24, 2.45) is 0 Å². The van der Waals surface area contributed by atoms with Gasteiger partial charge in [0, 0.05) is 19.0 Å².